The minimum absolute atomic E-state index is 0.226. The van der Waals surface area contributed by atoms with Gasteiger partial charge in [0, 0.05) is 18.0 Å². The Morgan fingerprint density at radius 3 is 2.33 bits per heavy atom. The van der Waals surface area contributed by atoms with Gasteiger partial charge in [-0.3, -0.25) is 9.59 Å². The SMILES string of the molecule is CN1CCC(N(C)C2=C(c3cccs3)C(=O)N(c3ccccc3)C2=O)CC1. The van der Waals surface area contributed by atoms with Gasteiger partial charge in [-0.1, -0.05) is 24.3 Å². The maximum Gasteiger partial charge on any atom is 0.282 e. The number of piperidine rings is 1. The number of hydrogen-bond acceptors (Lipinski definition) is 5. The van der Waals surface area contributed by atoms with Crippen LogP contribution >= 0.6 is 11.3 Å². The second kappa shape index (κ2) is 7.29. The first-order chi connectivity index (χ1) is 13.1. The lowest BCUT2D eigenvalue weighted by molar-refractivity contribution is -0.120. The van der Waals surface area contributed by atoms with Gasteiger partial charge in [-0.2, -0.15) is 0 Å². The Kier molecular flexibility index (Phi) is 4.85. The van der Waals surface area contributed by atoms with Crippen molar-refractivity contribution in [3.63, 3.8) is 0 Å². The van der Waals surface area contributed by atoms with Gasteiger partial charge in [0.2, 0.25) is 0 Å². The molecule has 0 aliphatic carbocycles. The maximum atomic E-state index is 13.4. The second-order valence-electron chi connectivity index (χ2n) is 7.13. The Morgan fingerprint density at radius 1 is 1.00 bits per heavy atom. The molecule has 5 nitrogen and oxygen atoms in total. The average Bonchev–Trinajstić information content (AvgIpc) is 3.28. The van der Waals surface area contributed by atoms with Crippen LogP contribution in [-0.2, 0) is 9.59 Å². The van der Waals surface area contributed by atoms with Crippen LogP contribution in [0.15, 0.2) is 53.5 Å². The molecule has 2 aromatic rings. The maximum absolute atomic E-state index is 13.4. The lowest BCUT2D eigenvalue weighted by Crippen LogP contribution is -2.43. The minimum Gasteiger partial charge on any atom is -0.366 e. The highest BCUT2D eigenvalue weighted by Gasteiger charge is 2.43. The fraction of sp³-hybridized carbons (Fsp3) is 0.333. The zero-order chi connectivity index (χ0) is 19.0. The van der Waals surface area contributed by atoms with Gasteiger partial charge in [0.15, 0.2) is 0 Å². The number of hydrogen-bond donors (Lipinski definition) is 0. The number of likely N-dealkylation sites (N-methyl/N-ethyl adjacent to an activating group) is 1. The van der Waals surface area contributed by atoms with Gasteiger partial charge in [-0.25, -0.2) is 4.90 Å². The van der Waals surface area contributed by atoms with E-state index in [1.807, 2.05) is 47.7 Å². The normalized spacial score (nSPS) is 19.3. The van der Waals surface area contributed by atoms with Crippen LogP contribution in [0.4, 0.5) is 5.69 Å². The molecule has 1 aromatic heterocycles. The van der Waals surface area contributed by atoms with Gasteiger partial charge < -0.3 is 9.80 Å². The van der Waals surface area contributed by atoms with Crippen molar-refractivity contribution in [1.82, 2.24) is 9.80 Å². The number of carbonyl (C=O) groups is 2. The monoisotopic (exact) mass is 381 g/mol. The first-order valence-corrected chi connectivity index (χ1v) is 10.1. The molecule has 6 heteroatoms. The smallest absolute Gasteiger partial charge is 0.282 e. The third-order valence-corrected chi connectivity index (χ3v) is 6.32. The highest BCUT2D eigenvalue weighted by molar-refractivity contribution is 7.11. The quantitative estimate of drug-likeness (QED) is 0.764. The van der Waals surface area contributed by atoms with E-state index >= 15 is 0 Å². The van der Waals surface area contributed by atoms with E-state index in [9.17, 15) is 9.59 Å². The van der Waals surface area contributed by atoms with E-state index in [0.717, 1.165) is 30.8 Å². The predicted molar refractivity (Wildman–Crippen MR) is 108 cm³/mol. The number of carbonyl (C=O) groups excluding carboxylic acids is 2. The Bertz CT molecular complexity index is 868. The van der Waals surface area contributed by atoms with Crippen molar-refractivity contribution in [3.05, 3.63) is 58.4 Å². The molecule has 2 aliphatic rings. The van der Waals surface area contributed by atoms with E-state index in [-0.39, 0.29) is 17.9 Å². The van der Waals surface area contributed by atoms with E-state index in [0.29, 0.717) is 17.0 Å². The Labute approximate surface area is 163 Å². The van der Waals surface area contributed by atoms with E-state index in [1.54, 1.807) is 12.1 Å². The summed E-state index contributed by atoms with van der Waals surface area (Å²) in [6, 6.07) is 13.3. The molecule has 0 atom stereocenters. The number of amides is 2. The Hall–Kier alpha value is -2.44. The summed E-state index contributed by atoms with van der Waals surface area (Å²) in [7, 11) is 4.08. The molecule has 4 rings (SSSR count). The minimum atomic E-state index is -0.233. The zero-order valence-electron chi connectivity index (χ0n) is 15.6. The topological polar surface area (TPSA) is 43.9 Å². The van der Waals surface area contributed by atoms with Crippen molar-refractivity contribution in [2.24, 2.45) is 0 Å². The fourth-order valence-corrected chi connectivity index (χ4v) is 4.63. The summed E-state index contributed by atoms with van der Waals surface area (Å²) in [6.07, 6.45) is 1.97. The summed E-state index contributed by atoms with van der Waals surface area (Å²) in [5.74, 6) is -0.459. The lowest BCUT2D eigenvalue weighted by Gasteiger charge is -2.36. The summed E-state index contributed by atoms with van der Waals surface area (Å²) < 4.78 is 0. The number of para-hydroxylation sites is 1. The van der Waals surface area contributed by atoms with Crippen LogP contribution in [0.25, 0.3) is 5.57 Å². The molecule has 0 saturated carbocycles. The van der Waals surface area contributed by atoms with Gasteiger partial charge in [-0.15, -0.1) is 11.3 Å². The summed E-state index contributed by atoms with van der Waals surface area (Å²) in [5, 5.41) is 1.94. The van der Waals surface area contributed by atoms with Crippen LogP contribution in [0.2, 0.25) is 0 Å². The van der Waals surface area contributed by atoms with Crippen LogP contribution < -0.4 is 4.90 Å². The molecule has 2 amide bonds. The Morgan fingerprint density at radius 2 is 1.70 bits per heavy atom. The van der Waals surface area contributed by atoms with Crippen LogP contribution in [0, 0.1) is 0 Å². The molecule has 0 N–H and O–H groups in total. The number of rotatable bonds is 4. The predicted octanol–water partition coefficient (Wildman–Crippen LogP) is 3.06. The summed E-state index contributed by atoms with van der Waals surface area (Å²) in [6.45, 7) is 2.00. The van der Waals surface area contributed by atoms with E-state index in [4.69, 9.17) is 0 Å². The summed E-state index contributed by atoms with van der Waals surface area (Å²) in [4.78, 5) is 33.2. The van der Waals surface area contributed by atoms with Crippen molar-refractivity contribution in [2.75, 3.05) is 32.1 Å². The molecule has 140 valence electrons. The molecule has 1 fully saturated rings. The lowest BCUT2D eigenvalue weighted by atomic mass is 10.0. The van der Waals surface area contributed by atoms with Crippen molar-refractivity contribution in [2.45, 2.75) is 18.9 Å². The third kappa shape index (κ3) is 3.19. The van der Waals surface area contributed by atoms with E-state index in [1.165, 1.54) is 16.2 Å². The zero-order valence-corrected chi connectivity index (χ0v) is 16.4. The summed E-state index contributed by atoms with van der Waals surface area (Å²) >= 11 is 1.50. The van der Waals surface area contributed by atoms with Crippen molar-refractivity contribution >= 4 is 34.4 Å². The number of benzene rings is 1. The van der Waals surface area contributed by atoms with Gasteiger partial charge in [-0.05, 0) is 56.6 Å². The fourth-order valence-electron chi connectivity index (χ4n) is 3.86. The molecule has 2 aliphatic heterocycles. The molecular formula is C21H23N3O2S. The molecular weight excluding hydrogens is 358 g/mol. The second-order valence-corrected chi connectivity index (χ2v) is 8.08. The molecule has 0 radical (unpaired) electrons. The number of thiophene rings is 1. The van der Waals surface area contributed by atoms with Crippen molar-refractivity contribution in [1.29, 1.82) is 0 Å². The van der Waals surface area contributed by atoms with Gasteiger partial charge in [0.05, 0.1) is 11.3 Å². The standard InChI is InChI=1S/C21H23N3O2S/c1-22-12-10-15(11-13-22)23(2)19-18(17-9-6-14-27-17)20(25)24(21(19)26)16-7-4-3-5-8-16/h3-9,14-15H,10-13H2,1-2H3. The highest BCUT2D eigenvalue weighted by Crippen LogP contribution is 2.37. The van der Waals surface area contributed by atoms with Crippen LogP contribution in [-0.4, -0.2) is 54.8 Å². The molecule has 0 spiro atoms. The van der Waals surface area contributed by atoms with Gasteiger partial charge >= 0.3 is 0 Å². The average molecular weight is 382 g/mol. The largest absolute Gasteiger partial charge is 0.366 e. The first-order valence-electron chi connectivity index (χ1n) is 9.21. The van der Waals surface area contributed by atoms with Gasteiger partial charge in [0.25, 0.3) is 11.8 Å². The number of nitrogens with zero attached hydrogens (tertiary/aromatic N) is 3. The molecule has 1 saturated heterocycles. The molecule has 0 bridgehead atoms. The van der Waals surface area contributed by atoms with Crippen molar-refractivity contribution in [3.8, 4) is 0 Å². The molecule has 0 unspecified atom stereocenters. The van der Waals surface area contributed by atoms with Crippen molar-refractivity contribution < 1.29 is 9.59 Å². The first kappa shape index (κ1) is 17.9. The van der Waals surface area contributed by atoms with E-state index in [2.05, 4.69) is 11.9 Å². The number of anilines is 1. The number of imide groups is 1. The number of likely N-dealkylation sites (tertiary alicyclic amines) is 1. The molecule has 1 aromatic carbocycles. The van der Waals surface area contributed by atoms with E-state index < -0.39 is 0 Å². The van der Waals surface area contributed by atoms with Gasteiger partial charge in [0.1, 0.15) is 5.70 Å². The Balaban J connectivity index is 1.75. The van der Waals surface area contributed by atoms with Crippen LogP contribution in [0.5, 0.6) is 0 Å². The summed E-state index contributed by atoms with van der Waals surface area (Å²) in [5.41, 5.74) is 1.68. The van der Waals surface area contributed by atoms with Crippen LogP contribution in [0.1, 0.15) is 17.7 Å². The molecule has 3 heterocycles. The third-order valence-electron chi connectivity index (χ3n) is 5.43. The molecule has 27 heavy (non-hydrogen) atoms. The van der Waals surface area contributed by atoms with Crippen LogP contribution in [0.3, 0.4) is 0 Å². The highest BCUT2D eigenvalue weighted by atomic mass is 32.1.